The first kappa shape index (κ1) is 17.3. The van der Waals surface area contributed by atoms with E-state index >= 15 is 0 Å². The van der Waals surface area contributed by atoms with Gasteiger partial charge in [0.2, 0.25) is 0 Å². The van der Waals surface area contributed by atoms with E-state index in [0.717, 1.165) is 11.3 Å². The van der Waals surface area contributed by atoms with Crippen molar-refractivity contribution in [2.75, 3.05) is 5.32 Å². The molecule has 0 aliphatic rings. The highest BCUT2D eigenvalue weighted by Gasteiger charge is 2.23. The van der Waals surface area contributed by atoms with Crippen LogP contribution in [-0.2, 0) is 0 Å². The molecule has 0 spiro atoms. The summed E-state index contributed by atoms with van der Waals surface area (Å²) in [6, 6.07) is 13.8. The van der Waals surface area contributed by atoms with Crippen LogP contribution in [0.4, 0.5) is 5.00 Å². The van der Waals surface area contributed by atoms with Gasteiger partial charge < -0.3 is 14.8 Å². The first-order valence-corrected chi connectivity index (χ1v) is 9.06. The number of amides is 1. The summed E-state index contributed by atoms with van der Waals surface area (Å²) in [5.74, 6) is -1.89. The second kappa shape index (κ2) is 6.86. The minimum atomic E-state index is -1.14. The van der Waals surface area contributed by atoms with Gasteiger partial charge in [-0.25, -0.2) is 9.78 Å². The van der Waals surface area contributed by atoms with Gasteiger partial charge in [0.15, 0.2) is 5.58 Å². The second-order valence-electron chi connectivity index (χ2n) is 5.61. The van der Waals surface area contributed by atoms with E-state index in [4.69, 9.17) is 16.0 Å². The number of hydrogen-bond acceptors (Lipinski definition) is 5. The van der Waals surface area contributed by atoms with Crippen molar-refractivity contribution >= 4 is 50.9 Å². The molecule has 134 valence electrons. The molecule has 0 aliphatic carbocycles. The Bertz CT molecular complexity index is 1130. The summed E-state index contributed by atoms with van der Waals surface area (Å²) >= 11 is 7.01. The number of benzene rings is 2. The van der Waals surface area contributed by atoms with E-state index in [1.165, 1.54) is 0 Å². The normalized spacial score (nSPS) is 10.9. The van der Waals surface area contributed by atoms with E-state index in [1.54, 1.807) is 53.9 Å². The molecule has 2 N–H and O–H groups in total. The second-order valence-corrected chi connectivity index (χ2v) is 6.92. The van der Waals surface area contributed by atoms with Gasteiger partial charge in [0.1, 0.15) is 16.1 Å². The van der Waals surface area contributed by atoms with Crippen LogP contribution < -0.4 is 5.32 Å². The Labute approximate surface area is 162 Å². The number of para-hydroxylation sites is 2. The highest BCUT2D eigenvalue weighted by molar-refractivity contribution is 7.15. The summed E-state index contributed by atoms with van der Waals surface area (Å²) in [5.41, 5.74) is 2.22. The summed E-state index contributed by atoms with van der Waals surface area (Å²) < 4.78 is 5.43. The van der Waals surface area contributed by atoms with Gasteiger partial charge in [-0.2, -0.15) is 0 Å². The van der Waals surface area contributed by atoms with Gasteiger partial charge in [-0.1, -0.05) is 35.9 Å². The maximum absolute atomic E-state index is 12.5. The van der Waals surface area contributed by atoms with Crippen molar-refractivity contribution < 1.29 is 19.1 Å². The first-order valence-electron chi connectivity index (χ1n) is 7.80. The van der Waals surface area contributed by atoms with E-state index in [1.807, 2.05) is 0 Å². The van der Waals surface area contributed by atoms with Gasteiger partial charge in [0.05, 0.1) is 0 Å². The number of aromatic nitrogens is 1. The molecule has 4 rings (SSSR count). The van der Waals surface area contributed by atoms with Gasteiger partial charge in [0.25, 0.3) is 5.89 Å². The van der Waals surface area contributed by atoms with Crippen LogP contribution in [0.5, 0.6) is 0 Å². The molecule has 4 aromatic rings. The standard InChI is InChI=1S/C19H11ClN2O4S/c20-11-7-5-10(6-8-11)12-9-27-18(15(12)19(24)25)22-16(23)17-21-13-3-1-2-4-14(13)26-17/h1-9H,(H,22,23)(H,24,25). The lowest BCUT2D eigenvalue weighted by molar-refractivity contribution is 0.0699. The minimum absolute atomic E-state index is 0.00628. The highest BCUT2D eigenvalue weighted by Crippen LogP contribution is 2.36. The van der Waals surface area contributed by atoms with Crippen molar-refractivity contribution in [2.24, 2.45) is 0 Å². The molecule has 0 atom stereocenters. The first-order chi connectivity index (χ1) is 13.0. The summed E-state index contributed by atoms with van der Waals surface area (Å²) in [4.78, 5) is 28.4. The van der Waals surface area contributed by atoms with Gasteiger partial charge in [-0.3, -0.25) is 4.79 Å². The maximum Gasteiger partial charge on any atom is 0.339 e. The maximum atomic E-state index is 12.5. The Balaban J connectivity index is 1.68. The molecule has 0 bridgehead atoms. The smallest absolute Gasteiger partial charge is 0.339 e. The number of carboxylic acids is 1. The molecule has 2 aromatic carbocycles. The average Bonchev–Trinajstić information content (AvgIpc) is 3.26. The topological polar surface area (TPSA) is 92.4 Å². The zero-order valence-corrected chi connectivity index (χ0v) is 15.2. The Morgan fingerprint density at radius 1 is 1.11 bits per heavy atom. The van der Waals surface area contributed by atoms with Crippen molar-refractivity contribution in [3.63, 3.8) is 0 Å². The number of halogens is 1. The van der Waals surface area contributed by atoms with E-state index in [9.17, 15) is 14.7 Å². The number of nitrogens with zero attached hydrogens (tertiary/aromatic N) is 1. The number of carbonyl (C=O) groups excluding carboxylic acids is 1. The van der Waals surface area contributed by atoms with E-state index < -0.39 is 11.9 Å². The van der Waals surface area contributed by atoms with E-state index in [0.29, 0.717) is 27.2 Å². The predicted octanol–water partition coefficient (Wildman–Crippen LogP) is 5.16. The number of rotatable bonds is 4. The lowest BCUT2D eigenvalue weighted by Gasteiger charge is -2.04. The Morgan fingerprint density at radius 3 is 2.56 bits per heavy atom. The number of oxazole rings is 1. The molecular formula is C19H11ClN2O4S. The van der Waals surface area contributed by atoms with E-state index in [-0.39, 0.29) is 16.5 Å². The summed E-state index contributed by atoms with van der Waals surface area (Å²) in [6.45, 7) is 0. The monoisotopic (exact) mass is 398 g/mol. The number of anilines is 1. The third-order valence-corrected chi connectivity index (χ3v) is 5.02. The van der Waals surface area contributed by atoms with Crippen LogP contribution in [0.2, 0.25) is 5.02 Å². The number of carboxylic acid groups (broad SMARTS) is 1. The van der Waals surface area contributed by atoms with Gasteiger partial charge >= 0.3 is 11.9 Å². The third-order valence-electron chi connectivity index (χ3n) is 3.88. The molecule has 0 saturated carbocycles. The number of aromatic carboxylic acids is 1. The van der Waals surface area contributed by atoms with Gasteiger partial charge in [-0.15, -0.1) is 11.3 Å². The van der Waals surface area contributed by atoms with Crippen LogP contribution in [0.15, 0.2) is 58.3 Å². The Morgan fingerprint density at radius 2 is 1.85 bits per heavy atom. The van der Waals surface area contributed by atoms with Crippen LogP contribution >= 0.6 is 22.9 Å². The van der Waals surface area contributed by atoms with E-state index in [2.05, 4.69) is 10.3 Å². The van der Waals surface area contributed by atoms with Crippen molar-refractivity contribution in [3.8, 4) is 11.1 Å². The van der Waals surface area contributed by atoms with Crippen molar-refractivity contribution in [1.82, 2.24) is 4.98 Å². The highest BCUT2D eigenvalue weighted by atomic mass is 35.5. The predicted molar refractivity (Wildman–Crippen MR) is 104 cm³/mol. The Kier molecular flexibility index (Phi) is 4.39. The summed E-state index contributed by atoms with van der Waals surface area (Å²) in [6.07, 6.45) is 0. The van der Waals surface area contributed by atoms with Gasteiger partial charge in [0, 0.05) is 16.0 Å². The average molecular weight is 399 g/mol. The fourth-order valence-electron chi connectivity index (χ4n) is 2.63. The number of fused-ring (bicyclic) bond motifs is 1. The Hall–Kier alpha value is -3.16. The number of thiophene rings is 1. The number of carbonyl (C=O) groups is 2. The lowest BCUT2D eigenvalue weighted by Crippen LogP contribution is -2.13. The molecule has 6 nitrogen and oxygen atoms in total. The zero-order chi connectivity index (χ0) is 19.0. The molecule has 2 heterocycles. The lowest BCUT2D eigenvalue weighted by atomic mass is 10.0. The third kappa shape index (κ3) is 3.30. The van der Waals surface area contributed by atoms with Crippen LogP contribution in [0.1, 0.15) is 21.0 Å². The largest absolute Gasteiger partial charge is 0.478 e. The van der Waals surface area contributed by atoms with Crippen LogP contribution in [-0.4, -0.2) is 22.0 Å². The van der Waals surface area contributed by atoms with Crippen molar-refractivity contribution in [2.45, 2.75) is 0 Å². The molecule has 0 aliphatic heterocycles. The SMILES string of the molecule is O=C(Nc1scc(-c2ccc(Cl)cc2)c1C(=O)O)c1nc2ccccc2o1. The van der Waals surface area contributed by atoms with Crippen molar-refractivity contribution in [3.05, 3.63) is 70.4 Å². The van der Waals surface area contributed by atoms with Crippen LogP contribution in [0.3, 0.4) is 0 Å². The molecule has 8 heteroatoms. The van der Waals surface area contributed by atoms with Crippen molar-refractivity contribution in [1.29, 1.82) is 0 Å². The van der Waals surface area contributed by atoms with Crippen LogP contribution in [0.25, 0.3) is 22.2 Å². The van der Waals surface area contributed by atoms with Gasteiger partial charge in [-0.05, 0) is 29.8 Å². The fraction of sp³-hybridized carbons (Fsp3) is 0. The minimum Gasteiger partial charge on any atom is -0.478 e. The molecule has 0 saturated heterocycles. The molecule has 27 heavy (non-hydrogen) atoms. The summed E-state index contributed by atoms with van der Waals surface area (Å²) in [7, 11) is 0. The molecule has 0 unspecified atom stereocenters. The fourth-order valence-corrected chi connectivity index (χ4v) is 3.71. The molecule has 0 fully saturated rings. The molecule has 1 amide bonds. The quantitative estimate of drug-likeness (QED) is 0.495. The number of hydrogen-bond donors (Lipinski definition) is 2. The number of nitrogens with one attached hydrogen (secondary N) is 1. The molecule has 0 radical (unpaired) electrons. The zero-order valence-electron chi connectivity index (χ0n) is 13.6. The summed E-state index contributed by atoms with van der Waals surface area (Å²) in [5, 5.41) is 14.7. The molecular weight excluding hydrogens is 388 g/mol. The molecule has 2 aromatic heterocycles. The van der Waals surface area contributed by atoms with Crippen LogP contribution in [0, 0.1) is 0 Å².